The molecule has 0 spiro atoms. The maximum atomic E-state index is 5.51. The Kier molecular flexibility index (Phi) is 3.56. The number of nitrogens with one attached hydrogen (secondary N) is 2. The minimum atomic E-state index is 0.101. The van der Waals surface area contributed by atoms with Crippen LogP contribution in [0.25, 0.3) is 0 Å². The van der Waals surface area contributed by atoms with Crippen molar-refractivity contribution in [2.75, 3.05) is 43.0 Å². The fraction of sp³-hybridized carbons (Fsp3) is 0.667. The van der Waals surface area contributed by atoms with Crippen molar-refractivity contribution < 1.29 is 4.74 Å². The van der Waals surface area contributed by atoms with Crippen molar-refractivity contribution in [2.24, 2.45) is 0 Å². The summed E-state index contributed by atoms with van der Waals surface area (Å²) in [4.78, 5) is 2.25. The summed E-state index contributed by atoms with van der Waals surface area (Å²) >= 11 is 0. The van der Waals surface area contributed by atoms with E-state index >= 15 is 0 Å². The van der Waals surface area contributed by atoms with Crippen molar-refractivity contribution >= 4 is 11.6 Å². The Morgan fingerprint density at radius 1 is 1.28 bits per heavy atom. The second-order valence-corrected chi connectivity index (χ2v) is 4.66. The maximum Gasteiger partial charge on any atom is 0.151 e. The molecule has 0 aliphatic carbocycles. The van der Waals surface area contributed by atoms with Gasteiger partial charge < -0.3 is 20.3 Å². The number of aromatic nitrogens is 2. The Bertz CT molecular complexity index is 371. The molecule has 0 radical (unpaired) electrons. The van der Waals surface area contributed by atoms with Gasteiger partial charge in [-0.1, -0.05) is 0 Å². The van der Waals surface area contributed by atoms with Crippen molar-refractivity contribution in [1.82, 2.24) is 15.5 Å². The first-order valence-electron chi connectivity index (χ1n) is 6.59. The molecule has 0 unspecified atom stereocenters. The minimum absolute atomic E-state index is 0.101. The van der Waals surface area contributed by atoms with Gasteiger partial charge in [0.1, 0.15) is 6.23 Å². The first kappa shape index (κ1) is 11.7. The molecule has 2 aliphatic heterocycles. The molecule has 6 heteroatoms. The van der Waals surface area contributed by atoms with E-state index in [0.29, 0.717) is 0 Å². The van der Waals surface area contributed by atoms with Crippen LogP contribution in [0.5, 0.6) is 0 Å². The first-order valence-corrected chi connectivity index (χ1v) is 6.59. The number of anilines is 2. The molecule has 3 rings (SSSR count). The summed E-state index contributed by atoms with van der Waals surface area (Å²) in [5, 5.41) is 15.1. The Labute approximate surface area is 107 Å². The van der Waals surface area contributed by atoms with Gasteiger partial charge in [-0.15, -0.1) is 10.2 Å². The molecule has 3 heterocycles. The van der Waals surface area contributed by atoms with E-state index in [0.717, 1.165) is 57.3 Å². The molecule has 0 aromatic carbocycles. The summed E-state index contributed by atoms with van der Waals surface area (Å²) < 4.78 is 5.51. The van der Waals surface area contributed by atoms with E-state index < -0.39 is 0 Å². The number of hydrogen-bond donors (Lipinski definition) is 2. The monoisotopic (exact) mass is 249 g/mol. The summed E-state index contributed by atoms with van der Waals surface area (Å²) in [5.41, 5.74) is 0. The molecular formula is C12H19N5O. The summed E-state index contributed by atoms with van der Waals surface area (Å²) in [6.07, 6.45) is 2.26. The predicted octanol–water partition coefficient (Wildman–Crippen LogP) is 0.435. The van der Waals surface area contributed by atoms with Crippen LogP contribution in [0.4, 0.5) is 11.6 Å². The molecule has 1 aromatic rings. The molecule has 0 saturated carbocycles. The van der Waals surface area contributed by atoms with Crippen LogP contribution in [0, 0.1) is 0 Å². The maximum absolute atomic E-state index is 5.51. The molecule has 2 saturated heterocycles. The Hall–Kier alpha value is -1.40. The average molecular weight is 249 g/mol. The molecule has 0 bridgehead atoms. The standard InChI is InChI=1S/C12H19N5O/c1-2-12(18-9-1)14-10-3-4-11(16-15-10)17-7-5-13-6-8-17/h3-4,12-13H,1-2,5-9H2,(H,14,15)/t12-/m0/s1. The van der Waals surface area contributed by atoms with Crippen LogP contribution < -0.4 is 15.5 Å². The number of hydrogen-bond acceptors (Lipinski definition) is 6. The zero-order chi connectivity index (χ0) is 12.2. The number of rotatable bonds is 3. The van der Waals surface area contributed by atoms with Crippen molar-refractivity contribution in [3.05, 3.63) is 12.1 Å². The van der Waals surface area contributed by atoms with Crippen LogP contribution in [0.3, 0.4) is 0 Å². The van der Waals surface area contributed by atoms with E-state index in [1.54, 1.807) is 0 Å². The minimum Gasteiger partial charge on any atom is -0.359 e. The van der Waals surface area contributed by atoms with Gasteiger partial charge >= 0.3 is 0 Å². The first-order chi connectivity index (χ1) is 8.92. The van der Waals surface area contributed by atoms with Gasteiger partial charge in [0.05, 0.1) is 0 Å². The molecule has 2 fully saturated rings. The zero-order valence-electron chi connectivity index (χ0n) is 10.4. The highest BCUT2D eigenvalue weighted by molar-refractivity contribution is 5.44. The van der Waals surface area contributed by atoms with Gasteiger partial charge in [-0.05, 0) is 25.0 Å². The molecular weight excluding hydrogens is 230 g/mol. The van der Waals surface area contributed by atoms with Crippen LogP contribution in [0.15, 0.2) is 12.1 Å². The molecule has 18 heavy (non-hydrogen) atoms. The van der Waals surface area contributed by atoms with Crippen molar-refractivity contribution in [3.63, 3.8) is 0 Å². The lowest BCUT2D eigenvalue weighted by Gasteiger charge is -2.27. The third-order valence-electron chi connectivity index (χ3n) is 3.33. The normalized spacial score (nSPS) is 24.2. The molecule has 2 N–H and O–H groups in total. The lowest BCUT2D eigenvalue weighted by Crippen LogP contribution is -2.44. The second-order valence-electron chi connectivity index (χ2n) is 4.66. The van der Waals surface area contributed by atoms with Crippen LogP contribution in [0.1, 0.15) is 12.8 Å². The van der Waals surface area contributed by atoms with E-state index in [1.165, 1.54) is 0 Å². The summed E-state index contributed by atoms with van der Waals surface area (Å²) in [6.45, 7) is 4.85. The average Bonchev–Trinajstić information content (AvgIpc) is 2.94. The Morgan fingerprint density at radius 3 is 2.83 bits per heavy atom. The van der Waals surface area contributed by atoms with Crippen LogP contribution in [-0.4, -0.2) is 49.2 Å². The topological polar surface area (TPSA) is 62.3 Å². The molecule has 0 amide bonds. The van der Waals surface area contributed by atoms with Gasteiger partial charge in [-0.3, -0.25) is 0 Å². The second kappa shape index (κ2) is 5.49. The van der Waals surface area contributed by atoms with E-state index in [-0.39, 0.29) is 6.23 Å². The van der Waals surface area contributed by atoms with Gasteiger partial charge in [0, 0.05) is 32.8 Å². The summed E-state index contributed by atoms with van der Waals surface area (Å²) in [7, 11) is 0. The lowest BCUT2D eigenvalue weighted by atomic mass is 10.3. The van der Waals surface area contributed by atoms with Crippen LogP contribution in [-0.2, 0) is 4.74 Å². The predicted molar refractivity (Wildman–Crippen MR) is 69.7 cm³/mol. The van der Waals surface area contributed by atoms with Gasteiger partial charge in [0.2, 0.25) is 0 Å². The van der Waals surface area contributed by atoms with Crippen molar-refractivity contribution in [2.45, 2.75) is 19.1 Å². The fourth-order valence-corrected chi connectivity index (χ4v) is 2.32. The van der Waals surface area contributed by atoms with Crippen molar-refractivity contribution in [1.29, 1.82) is 0 Å². The van der Waals surface area contributed by atoms with Gasteiger partial charge in [0.15, 0.2) is 11.6 Å². The quantitative estimate of drug-likeness (QED) is 0.810. The molecule has 98 valence electrons. The van der Waals surface area contributed by atoms with E-state index in [9.17, 15) is 0 Å². The fourth-order valence-electron chi connectivity index (χ4n) is 2.32. The summed E-state index contributed by atoms with van der Waals surface area (Å²) in [6, 6.07) is 4.00. The van der Waals surface area contributed by atoms with Gasteiger partial charge in [-0.25, -0.2) is 0 Å². The SMILES string of the molecule is c1cc(N2CCNCC2)nnc1N[C@@H]1CCCO1. The van der Waals surface area contributed by atoms with E-state index in [1.807, 2.05) is 12.1 Å². The Morgan fingerprint density at radius 2 is 2.17 bits per heavy atom. The van der Waals surface area contributed by atoms with Gasteiger partial charge in [-0.2, -0.15) is 0 Å². The lowest BCUT2D eigenvalue weighted by molar-refractivity contribution is 0.131. The third kappa shape index (κ3) is 2.70. The van der Waals surface area contributed by atoms with E-state index in [2.05, 4.69) is 25.7 Å². The highest BCUT2D eigenvalue weighted by Gasteiger charge is 2.16. The van der Waals surface area contributed by atoms with Crippen molar-refractivity contribution in [3.8, 4) is 0 Å². The molecule has 1 aromatic heterocycles. The third-order valence-corrected chi connectivity index (χ3v) is 3.33. The Balaban J connectivity index is 1.60. The smallest absolute Gasteiger partial charge is 0.151 e. The number of nitrogens with zero attached hydrogens (tertiary/aromatic N) is 3. The highest BCUT2D eigenvalue weighted by Crippen LogP contribution is 2.16. The molecule has 6 nitrogen and oxygen atoms in total. The van der Waals surface area contributed by atoms with Crippen LogP contribution >= 0.6 is 0 Å². The van der Waals surface area contributed by atoms with Crippen LogP contribution in [0.2, 0.25) is 0 Å². The zero-order valence-corrected chi connectivity index (χ0v) is 10.4. The molecule has 2 aliphatic rings. The number of piperazine rings is 1. The van der Waals surface area contributed by atoms with E-state index in [4.69, 9.17) is 4.74 Å². The molecule has 1 atom stereocenters. The highest BCUT2D eigenvalue weighted by atomic mass is 16.5. The largest absolute Gasteiger partial charge is 0.359 e. The summed E-state index contributed by atoms with van der Waals surface area (Å²) in [5.74, 6) is 1.75. The number of ether oxygens (including phenoxy) is 1. The van der Waals surface area contributed by atoms with Gasteiger partial charge in [0.25, 0.3) is 0 Å².